The van der Waals surface area contributed by atoms with Crippen LogP contribution < -0.4 is 68.9 Å². The van der Waals surface area contributed by atoms with Crippen LogP contribution in [-0.4, -0.2) is 0 Å². The van der Waals surface area contributed by atoms with Crippen LogP contribution in [0.3, 0.4) is 0 Å². The summed E-state index contributed by atoms with van der Waals surface area (Å²) >= 11 is 0. The standard InChI is InChI=1S/C8H17.Cs/c1-3-5-7-8-6-4-2;/h1,3-8H2,2H3;/q-1;+1. The SMILES string of the molecule is [CH2-]CCCCCCC.[Cs+]. The van der Waals surface area contributed by atoms with Gasteiger partial charge in [-0.25, -0.2) is 0 Å². The van der Waals surface area contributed by atoms with Gasteiger partial charge in [0.05, 0.1) is 0 Å². The van der Waals surface area contributed by atoms with E-state index in [1.165, 1.54) is 32.1 Å². The van der Waals surface area contributed by atoms with Crippen molar-refractivity contribution in [2.45, 2.75) is 45.4 Å². The Morgan fingerprint density at radius 2 is 1.56 bits per heavy atom. The zero-order chi connectivity index (χ0) is 6.24. The third kappa shape index (κ3) is 13.1. The van der Waals surface area contributed by atoms with Crippen LogP contribution in [0.2, 0.25) is 0 Å². The van der Waals surface area contributed by atoms with E-state index in [0.29, 0.717) is 0 Å². The largest absolute Gasteiger partial charge is 1.00 e. The zero-order valence-electron chi connectivity index (χ0n) is 6.95. The quantitative estimate of drug-likeness (QED) is 0.479. The van der Waals surface area contributed by atoms with Crippen molar-refractivity contribution in [1.82, 2.24) is 0 Å². The van der Waals surface area contributed by atoms with Gasteiger partial charge in [-0.15, -0.1) is 0 Å². The summed E-state index contributed by atoms with van der Waals surface area (Å²) in [6.45, 7) is 6.02. The van der Waals surface area contributed by atoms with Crippen molar-refractivity contribution in [3.63, 3.8) is 0 Å². The van der Waals surface area contributed by atoms with Crippen LogP contribution >= 0.6 is 0 Å². The Labute approximate surface area is 119 Å². The molecular formula is C8H17Cs. The van der Waals surface area contributed by atoms with Crippen LogP contribution in [0, 0.1) is 6.92 Å². The molecule has 0 amide bonds. The van der Waals surface area contributed by atoms with E-state index in [9.17, 15) is 0 Å². The molecule has 0 aromatic heterocycles. The van der Waals surface area contributed by atoms with E-state index in [2.05, 4.69) is 13.8 Å². The predicted octanol–water partition coefficient (Wildman–Crippen LogP) is 0.185. The Hall–Kier alpha value is 2.05. The molecule has 0 aliphatic heterocycles. The number of hydrogen-bond donors (Lipinski definition) is 0. The average molecular weight is 246 g/mol. The Balaban J connectivity index is 0. The molecular weight excluding hydrogens is 229 g/mol. The van der Waals surface area contributed by atoms with E-state index in [4.69, 9.17) is 0 Å². The first kappa shape index (κ1) is 13.6. The van der Waals surface area contributed by atoms with Gasteiger partial charge in [0.1, 0.15) is 0 Å². The molecule has 0 atom stereocenters. The van der Waals surface area contributed by atoms with Gasteiger partial charge in [-0.3, -0.25) is 0 Å². The van der Waals surface area contributed by atoms with Crippen molar-refractivity contribution in [1.29, 1.82) is 0 Å². The smallest absolute Gasteiger partial charge is 0.343 e. The minimum absolute atomic E-state index is 0. The van der Waals surface area contributed by atoms with E-state index in [0.717, 1.165) is 6.42 Å². The molecule has 0 spiro atoms. The molecule has 50 valence electrons. The first-order chi connectivity index (χ1) is 3.91. The fraction of sp³-hybridized carbons (Fsp3) is 0.875. The molecule has 0 aliphatic carbocycles. The van der Waals surface area contributed by atoms with Gasteiger partial charge in [0, 0.05) is 0 Å². The molecule has 0 heterocycles. The Kier molecular flexibility index (Phi) is 19.2. The molecule has 0 fully saturated rings. The fourth-order valence-corrected chi connectivity index (χ4v) is 0.780. The van der Waals surface area contributed by atoms with Crippen molar-refractivity contribution in [3.8, 4) is 0 Å². The molecule has 0 aliphatic rings. The minimum Gasteiger partial charge on any atom is -0.343 e. The van der Waals surface area contributed by atoms with Crippen LogP contribution in [0.25, 0.3) is 0 Å². The average Bonchev–Trinajstić information content (AvgIpc) is 1.81. The molecule has 0 aromatic rings. The molecule has 1 heteroatoms. The van der Waals surface area contributed by atoms with Crippen LogP contribution in [0.4, 0.5) is 0 Å². The molecule has 0 aromatic carbocycles. The number of rotatable bonds is 5. The van der Waals surface area contributed by atoms with Crippen molar-refractivity contribution in [2.75, 3.05) is 0 Å². The summed E-state index contributed by atoms with van der Waals surface area (Å²) in [5.41, 5.74) is 0. The summed E-state index contributed by atoms with van der Waals surface area (Å²) in [6.07, 6.45) is 7.98. The van der Waals surface area contributed by atoms with Crippen LogP contribution in [-0.2, 0) is 0 Å². The van der Waals surface area contributed by atoms with Crippen LogP contribution in [0.15, 0.2) is 0 Å². The van der Waals surface area contributed by atoms with Crippen LogP contribution in [0.5, 0.6) is 0 Å². The molecule has 0 bridgehead atoms. The van der Waals surface area contributed by atoms with E-state index in [1.807, 2.05) is 0 Å². The molecule has 0 saturated carbocycles. The topological polar surface area (TPSA) is 0 Å². The fourth-order valence-electron chi connectivity index (χ4n) is 0.780. The van der Waals surface area contributed by atoms with Gasteiger partial charge in [-0.2, -0.15) is 6.42 Å². The van der Waals surface area contributed by atoms with E-state index in [-0.39, 0.29) is 68.9 Å². The zero-order valence-corrected chi connectivity index (χ0v) is 13.2. The second-order valence-electron chi connectivity index (χ2n) is 2.27. The number of unbranched alkanes of at least 4 members (excludes halogenated alkanes) is 5. The van der Waals surface area contributed by atoms with E-state index < -0.39 is 0 Å². The maximum atomic E-state index is 3.78. The van der Waals surface area contributed by atoms with Gasteiger partial charge in [0.25, 0.3) is 0 Å². The Morgan fingerprint density at radius 3 is 2.00 bits per heavy atom. The van der Waals surface area contributed by atoms with Gasteiger partial charge < -0.3 is 6.92 Å². The number of hydrogen-bond acceptors (Lipinski definition) is 0. The van der Waals surface area contributed by atoms with Crippen LogP contribution in [0.1, 0.15) is 45.4 Å². The summed E-state index contributed by atoms with van der Waals surface area (Å²) < 4.78 is 0. The van der Waals surface area contributed by atoms with Crippen molar-refractivity contribution in [2.24, 2.45) is 0 Å². The summed E-state index contributed by atoms with van der Waals surface area (Å²) in [5, 5.41) is 0. The third-order valence-electron chi connectivity index (χ3n) is 1.35. The molecule has 0 saturated heterocycles. The molecule has 0 rings (SSSR count). The van der Waals surface area contributed by atoms with E-state index >= 15 is 0 Å². The summed E-state index contributed by atoms with van der Waals surface area (Å²) in [6, 6.07) is 0. The molecule has 0 nitrogen and oxygen atoms in total. The first-order valence-corrected chi connectivity index (χ1v) is 3.71. The van der Waals surface area contributed by atoms with Gasteiger partial charge in [0.2, 0.25) is 0 Å². The van der Waals surface area contributed by atoms with Gasteiger partial charge in [-0.1, -0.05) is 39.0 Å². The third-order valence-corrected chi connectivity index (χ3v) is 1.35. The normalized spacial score (nSPS) is 8.67. The van der Waals surface area contributed by atoms with Crippen molar-refractivity contribution < 1.29 is 68.9 Å². The van der Waals surface area contributed by atoms with Crippen molar-refractivity contribution in [3.05, 3.63) is 6.92 Å². The van der Waals surface area contributed by atoms with E-state index in [1.54, 1.807) is 0 Å². The Morgan fingerprint density at radius 1 is 1.00 bits per heavy atom. The van der Waals surface area contributed by atoms with Crippen molar-refractivity contribution >= 4 is 0 Å². The second-order valence-corrected chi connectivity index (χ2v) is 2.27. The first-order valence-electron chi connectivity index (χ1n) is 3.71. The summed E-state index contributed by atoms with van der Waals surface area (Å²) in [7, 11) is 0. The molecule has 0 N–H and O–H groups in total. The summed E-state index contributed by atoms with van der Waals surface area (Å²) in [4.78, 5) is 0. The predicted molar refractivity (Wildman–Crippen MR) is 38.7 cm³/mol. The molecule has 9 heavy (non-hydrogen) atoms. The minimum atomic E-state index is 0. The monoisotopic (exact) mass is 246 g/mol. The maximum absolute atomic E-state index is 3.78. The molecule has 0 unspecified atom stereocenters. The Bertz CT molecular complexity index is 29.5. The van der Waals surface area contributed by atoms with Gasteiger partial charge in [0.15, 0.2) is 0 Å². The van der Waals surface area contributed by atoms with Gasteiger partial charge >= 0.3 is 68.9 Å². The summed E-state index contributed by atoms with van der Waals surface area (Å²) in [5.74, 6) is 0. The van der Waals surface area contributed by atoms with Gasteiger partial charge in [-0.05, 0) is 0 Å². The maximum Gasteiger partial charge on any atom is 1.00 e. The molecule has 0 radical (unpaired) electrons. The second kappa shape index (κ2) is 12.7.